The number of carbonyl (C=O) groups is 1. The molecule has 0 bridgehead atoms. The first kappa shape index (κ1) is 17.3. The number of rotatable bonds is 4. The van der Waals surface area contributed by atoms with Gasteiger partial charge in [-0.1, -0.05) is 60.1 Å². The highest BCUT2D eigenvalue weighted by Crippen LogP contribution is 2.42. The van der Waals surface area contributed by atoms with Gasteiger partial charge in [-0.2, -0.15) is 0 Å². The highest BCUT2D eigenvalue weighted by molar-refractivity contribution is 6.31. The second-order valence-electron chi connectivity index (χ2n) is 5.83. The summed E-state index contributed by atoms with van der Waals surface area (Å²) in [5.74, 6) is -0.922. The van der Waals surface area contributed by atoms with E-state index < -0.39 is 5.97 Å². The van der Waals surface area contributed by atoms with Crippen LogP contribution in [0.15, 0.2) is 72.0 Å². The molecule has 1 aliphatic rings. The summed E-state index contributed by atoms with van der Waals surface area (Å²) in [5.41, 5.74) is 3.03. The Labute approximate surface area is 152 Å². The van der Waals surface area contributed by atoms with Gasteiger partial charge in [-0.15, -0.1) is 0 Å². The normalized spacial score (nSPS) is 17.2. The summed E-state index contributed by atoms with van der Waals surface area (Å²) in [6.45, 7) is 1.99. The number of hydrogen-bond acceptors (Lipinski definition) is 3. The Morgan fingerprint density at radius 3 is 2.52 bits per heavy atom. The third kappa shape index (κ3) is 3.62. The molecule has 0 aromatic heterocycles. The molecule has 0 fully saturated rings. The Morgan fingerprint density at radius 1 is 1.16 bits per heavy atom. The van der Waals surface area contributed by atoms with Gasteiger partial charge in [0.2, 0.25) is 0 Å². The first-order chi connectivity index (χ1) is 12.1. The van der Waals surface area contributed by atoms with Crippen molar-refractivity contribution in [3.63, 3.8) is 0 Å². The van der Waals surface area contributed by atoms with Crippen LogP contribution in [0, 0.1) is 0 Å². The zero-order valence-corrected chi connectivity index (χ0v) is 14.7. The summed E-state index contributed by atoms with van der Waals surface area (Å²) in [6.07, 6.45) is 2.21. The van der Waals surface area contributed by atoms with E-state index >= 15 is 0 Å². The minimum Gasteiger partial charge on any atom is -0.507 e. The van der Waals surface area contributed by atoms with Crippen LogP contribution in [-0.4, -0.2) is 17.7 Å². The molecule has 0 saturated heterocycles. The van der Waals surface area contributed by atoms with Gasteiger partial charge in [0, 0.05) is 10.9 Å². The number of aliphatic hydroxyl groups excluding tert-OH is 1. The lowest BCUT2D eigenvalue weighted by atomic mass is 9.79. The molecule has 1 N–H and O–H groups in total. The van der Waals surface area contributed by atoms with Crippen LogP contribution in [0.3, 0.4) is 0 Å². The molecule has 0 radical (unpaired) electrons. The average molecular weight is 355 g/mol. The zero-order chi connectivity index (χ0) is 17.8. The number of ether oxygens (including phenoxy) is 1. The number of hydrogen-bond donors (Lipinski definition) is 1. The number of esters is 1. The second kappa shape index (κ2) is 7.58. The highest BCUT2D eigenvalue weighted by Gasteiger charge is 2.32. The maximum absolute atomic E-state index is 12.4. The van der Waals surface area contributed by atoms with Crippen LogP contribution in [0.5, 0.6) is 0 Å². The van der Waals surface area contributed by atoms with Crippen molar-refractivity contribution in [3.05, 3.63) is 88.2 Å². The van der Waals surface area contributed by atoms with E-state index in [-0.39, 0.29) is 23.9 Å². The Balaban J connectivity index is 2.10. The predicted octanol–water partition coefficient (Wildman–Crippen LogP) is 5.29. The first-order valence-corrected chi connectivity index (χ1v) is 8.60. The van der Waals surface area contributed by atoms with Crippen molar-refractivity contribution in [2.75, 3.05) is 6.61 Å². The summed E-state index contributed by atoms with van der Waals surface area (Å²) >= 11 is 6.37. The first-order valence-electron chi connectivity index (χ1n) is 8.22. The van der Waals surface area contributed by atoms with Crippen LogP contribution < -0.4 is 0 Å². The molecular formula is C21H19ClO3. The largest absolute Gasteiger partial charge is 0.507 e. The lowest BCUT2D eigenvalue weighted by Crippen LogP contribution is -2.20. The Hall–Kier alpha value is -2.52. The van der Waals surface area contributed by atoms with Crippen molar-refractivity contribution in [3.8, 4) is 0 Å². The van der Waals surface area contributed by atoms with Crippen LogP contribution in [-0.2, 0) is 9.53 Å². The summed E-state index contributed by atoms with van der Waals surface area (Å²) in [4.78, 5) is 12.4. The fourth-order valence-electron chi connectivity index (χ4n) is 3.13. The Kier molecular flexibility index (Phi) is 5.25. The highest BCUT2D eigenvalue weighted by atomic mass is 35.5. The molecule has 0 spiro atoms. The molecule has 4 heteroatoms. The van der Waals surface area contributed by atoms with Crippen molar-refractivity contribution in [1.29, 1.82) is 0 Å². The van der Waals surface area contributed by atoms with Crippen LogP contribution >= 0.6 is 11.6 Å². The quantitative estimate of drug-likeness (QED) is 0.759. The van der Waals surface area contributed by atoms with Gasteiger partial charge in [0.15, 0.2) is 0 Å². The third-order valence-electron chi connectivity index (χ3n) is 4.28. The molecule has 1 aliphatic carbocycles. The van der Waals surface area contributed by atoms with E-state index in [9.17, 15) is 9.90 Å². The molecular weight excluding hydrogens is 336 g/mol. The summed E-state index contributed by atoms with van der Waals surface area (Å²) in [5, 5.41) is 11.1. The standard InChI is InChI=1S/C21H19ClO3/c1-2-25-21(24)20-17(16-10-6-7-11-18(16)22)12-15(13-19(20)23)14-8-4-3-5-9-14/h3-11,13,17,23H,2,12H2,1H3. The number of aliphatic hydroxyl groups is 1. The van der Waals surface area contributed by atoms with Gasteiger partial charge >= 0.3 is 5.97 Å². The SMILES string of the molecule is CCOC(=O)C1=C(O)C=C(c2ccccc2)CC1c1ccccc1Cl. The van der Waals surface area contributed by atoms with Gasteiger partial charge in [-0.25, -0.2) is 4.79 Å². The smallest absolute Gasteiger partial charge is 0.338 e. The van der Waals surface area contributed by atoms with Gasteiger partial charge in [0.1, 0.15) is 5.76 Å². The lowest BCUT2D eigenvalue weighted by Gasteiger charge is -2.26. The average Bonchev–Trinajstić information content (AvgIpc) is 2.62. The monoisotopic (exact) mass is 354 g/mol. The molecule has 0 heterocycles. The molecule has 3 nitrogen and oxygen atoms in total. The van der Waals surface area contributed by atoms with Gasteiger partial charge in [-0.3, -0.25) is 0 Å². The summed E-state index contributed by atoms with van der Waals surface area (Å²) in [7, 11) is 0. The van der Waals surface area contributed by atoms with E-state index in [2.05, 4.69) is 0 Å². The molecule has 2 aromatic rings. The minimum absolute atomic E-state index is 0.0616. The van der Waals surface area contributed by atoms with E-state index in [1.165, 1.54) is 0 Å². The van der Waals surface area contributed by atoms with Crippen LogP contribution in [0.1, 0.15) is 30.4 Å². The molecule has 0 aliphatic heterocycles. The fraction of sp³-hybridized carbons (Fsp3) is 0.190. The second-order valence-corrected chi connectivity index (χ2v) is 6.24. The number of halogens is 1. The maximum Gasteiger partial charge on any atom is 0.338 e. The van der Waals surface area contributed by atoms with Crippen molar-refractivity contribution >= 4 is 23.1 Å². The van der Waals surface area contributed by atoms with Crippen LogP contribution in [0.4, 0.5) is 0 Å². The number of benzene rings is 2. The van der Waals surface area contributed by atoms with Crippen LogP contribution in [0.25, 0.3) is 5.57 Å². The van der Waals surface area contributed by atoms with E-state index in [0.29, 0.717) is 11.4 Å². The predicted molar refractivity (Wildman–Crippen MR) is 99.5 cm³/mol. The van der Waals surface area contributed by atoms with Crippen molar-refractivity contribution in [2.45, 2.75) is 19.3 Å². The summed E-state index contributed by atoms with van der Waals surface area (Å²) < 4.78 is 5.16. The number of carbonyl (C=O) groups excluding carboxylic acids is 1. The molecule has 3 rings (SSSR count). The Morgan fingerprint density at radius 2 is 1.84 bits per heavy atom. The van der Waals surface area contributed by atoms with E-state index in [0.717, 1.165) is 16.7 Å². The molecule has 128 valence electrons. The summed E-state index contributed by atoms with van der Waals surface area (Å²) in [6, 6.07) is 17.2. The molecule has 0 saturated carbocycles. The Bertz CT molecular complexity index is 837. The molecule has 25 heavy (non-hydrogen) atoms. The molecule has 0 amide bonds. The lowest BCUT2D eigenvalue weighted by molar-refractivity contribution is -0.139. The molecule has 1 unspecified atom stereocenters. The minimum atomic E-state index is -0.506. The third-order valence-corrected chi connectivity index (χ3v) is 4.62. The van der Waals surface area contributed by atoms with Gasteiger partial charge in [0.25, 0.3) is 0 Å². The van der Waals surface area contributed by atoms with E-state index in [1.54, 1.807) is 19.1 Å². The molecule has 2 aromatic carbocycles. The molecule has 1 atom stereocenters. The van der Waals surface area contributed by atoms with Gasteiger partial charge in [-0.05, 0) is 42.2 Å². The van der Waals surface area contributed by atoms with E-state index in [4.69, 9.17) is 16.3 Å². The van der Waals surface area contributed by atoms with E-state index in [1.807, 2.05) is 48.5 Å². The zero-order valence-electron chi connectivity index (χ0n) is 13.9. The van der Waals surface area contributed by atoms with Crippen molar-refractivity contribution < 1.29 is 14.6 Å². The van der Waals surface area contributed by atoms with Crippen molar-refractivity contribution in [2.24, 2.45) is 0 Å². The fourth-order valence-corrected chi connectivity index (χ4v) is 3.40. The van der Waals surface area contributed by atoms with Crippen molar-refractivity contribution in [1.82, 2.24) is 0 Å². The topological polar surface area (TPSA) is 46.5 Å². The van der Waals surface area contributed by atoms with Crippen LogP contribution in [0.2, 0.25) is 5.02 Å². The number of allylic oxidation sites excluding steroid dienone is 2. The van der Waals surface area contributed by atoms with Gasteiger partial charge in [0.05, 0.1) is 12.2 Å². The van der Waals surface area contributed by atoms with Gasteiger partial charge < -0.3 is 9.84 Å². The maximum atomic E-state index is 12.4.